The van der Waals surface area contributed by atoms with Gasteiger partial charge in [0, 0.05) is 51.7 Å². The lowest BCUT2D eigenvalue weighted by molar-refractivity contribution is 1.04. The van der Waals surface area contributed by atoms with Crippen molar-refractivity contribution >= 4 is 32.7 Å². The van der Waals surface area contributed by atoms with E-state index in [-0.39, 0.29) is 0 Å². The predicted octanol–water partition coefficient (Wildman–Crippen LogP) is 8.70. The van der Waals surface area contributed by atoms with Gasteiger partial charge >= 0.3 is 0 Å². The van der Waals surface area contributed by atoms with Crippen LogP contribution in [0.5, 0.6) is 0 Å². The summed E-state index contributed by atoms with van der Waals surface area (Å²) in [6, 6.07) is 45.5. The monoisotopic (exact) mass is 591 g/mol. The van der Waals surface area contributed by atoms with Crippen LogP contribution in [0.4, 0.5) is 0 Å². The van der Waals surface area contributed by atoms with E-state index in [1.54, 1.807) is 12.4 Å². The Morgan fingerprint density at radius 1 is 0.435 bits per heavy atom. The van der Waals surface area contributed by atoms with Crippen molar-refractivity contribution in [3.63, 3.8) is 0 Å². The van der Waals surface area contributed by atoms with Crippen molar-refractivity contribution < 1.29 is 0 Å². The first-order valence-electron chi connectivity index (χ1n) is 15.1. The Hall–Kier alpha value is -6.47. The minimum Gasteiger partial charge on any atom is -0.316 e. The van der Waals surface area contributed by atoms with Gasteiger partial charge in [-0.2, -0.15) is 0 Å². The highest BCUT2D eigenvalue weighted by atomic mass is 15.1. The highest BCUT2D eigenvalue weighted by Gasteiger charge is 2.18. The third kappa shape index (κ3) is 4.25. The summed E-state index contributed by atoms with van der Waals surface area (Å²) in [7, 11) is 0. The van der Waals surface area contributed by atoms with E-state index in [0.717, 1.165) is 33.5 Å². The van der Waals surface area contributed by atoms with Gasteiger partial charge in [-0.05, 0) is 66.7 Å². The number of aromatic nitrogens is 7. The zero-order valence-corrected chi connectivity index (χ0v) is 24.6. The Morgan fingerprint density at radius 2 is 1.11 bits per heavy atom. The van der Waals surface area contributed by atoms with Gasteiger partial charge in [-0.3, -0.25) is 9.97 Å². The highest BCUT2D eigenvalue weighted by molar-refractivity contribution is 6.18. The molecule has 4 aromatic carbocycles. The van der Waals surface area contributed by atoms with Crippen molar-refractivity contribution in [1.82, 2.24) is 34.1 Å². The number of nitrogens with zero attached hydrogens (tertiary/aromatic N) is 7. The van der Waals surface area contributed by atoms with Crippen LogP contribution in [0.3, 0.4) is 0 Å². The van der Waals surface area contributed by atoms with Gasteiger partial charge in [-0.1, -0.05) is 66.7 Å². The summed E-state index contributed by atoms with van der Waals surface area (Å²) < 4.78 is 4.60. The van der Waals surface area contributed by atoms with Crippen LogP contribution >= 0.6 is 0 Å². The Kier molecular flexibility index (Phi) is 5.99. The minimum absolute atomic E-state index is 0.498. The molecule has 9 rings (SSSR count). The van der Waals surface area contributed by atoms with Crippen molar-refractivity contribution in [1.29, 1.82) is 0 Å². The van der Waals surface area contributed by atoms with E-state index >= 15 is 0 Å². The Labute approximate surface area is 264 Å². The summed E-state index contributed by atoms with van der Waals surface area (Å²) in [4.78, 5) is 23.6. The van der Waals surface area contributed by atoms with E-state index in [1.165, 1.54) is 16.2 Å². The second kappa shape index (κ2) is 10.6. The topological polar surface area (TPSA) is 74.3 Å². The Balaban J connectivity index is 1.27. The molecule has 0 atom stereocenters. The predicted molar refractivity (Wildman–Crippen MR) is 183 cm³/mol. The first-order chi connectivity index (χ1) is 22.8. The lowest BCUT2D eigenvalue weighted by atomic mass is 10.1. The summed E-state index contributed by atoms with van der Waals surface area (Å²) >= 11 is 0. The number of para-hydroxylation sites is 2. The van der Waals surface area contributed by atoms with Gasteiger partial charge in [0.05, 0.1) is 16.6 Å². The molecular formula is C39H25N7. The molecule has 0 saturated carbocycles. The molecule has 0 bridgehead atoms. The molecule has 0 amide bonds. The summed E-state index contributed by atoms with van der Waals surface area (Å²) in [5.41, 5.74) is 7.80. The number of benzene rings is 4. The largest absolute Gasteiger partial charge is 0.316 e. The standard InChI is InChI=1S/C39H25N7/c1-2-12-27(13-3-1)45-24-21-31-34(45)20-19-30-29-15-4-5-18-35(29)46(36(30)31)28-14-10-11-26(25-28)37-42-38(32-16-6-8-22-40-32)44-39(43-37)33-17-7-9-23-41-33/h1-25H. The molecule has 46 heavy (non-hydrogen) atoms. The molecule has 216 valence electrons. The minimum atomic E-state index is 0.498. The molecule has 0 radical (unpaired) electrons. The van der Waals surface area contributed by atoms with Gasteiger partial charge in [0.15, 0.2) is 17.5 Å². The van der Waals surface area contributed by atoms with Crippen molar-refractivity contribution in [2.75, 3.05) is 0 Å². The normalized spacial score (nSPS) is 11.5. The maximum Gasteiger partial charge on any atom is 0.182 e. The number of pyridine rings is 2. The number of hydrogen-bond donors (Lipinski definition) is 0. The van der Waals surface area contributed by atoms with Crippen LogP contribution in [0.1, 0.15) is 0 Å². The quantitative estimate of drug-likeness (QED) is 0.200. The molecule has 7 nitrogen and oxygen atoms in total. The molecular weight excluding hydrogens is 566 g/mol. The fourth-order valence-corrected chi connectivity index (χ4v) is 6.27. The summed E-state index contributed by atoms with van der Waals surface area (Å²) in [5.74, 6) is 1.55. The van der Waals surface area contributed by atoms with Crippen LogP contribution in [0.15, 0.2) is 152 Å². The zero-order valence-electron chi connectivity index (χ0n) is 24.6. The lowest BCUT2D eigenvalue weighted by Crippen LogP contribution is -2.02. The molecule has 0 unspecified atom stereocenters. The van der Waals surface area contributed by atoms with Crippen molar-refractivity contribution in [2.45, 2.75) is 0 Å². The van der Waals surface area contributed by atoms with E-state index in [1.807, 2.05) is 48.5 Å². The van der Waals surface area contributed by atoms with Crippen LogP contribution in [0, 0.1) is 0 Å². The fraction of sp³-hybridized carbons (Fsp3) is 0. The van der Waals surface area contributed by atoms with Gasteiger partial charge in [0.2, 0.25) is 0 Å². The first-order valence-corrected chi connectivity index (χ1v) is 15.1. The van der Waals surface area contributed by atoms with Crippen molar-refractivity contribution in [3.8, 4) is 45.8 Å². The van der Waals surface area contributed by atoms with Gasteiger partial charge < -0.3 is 9.13 Å². The Morgan fingerprint density at radius 3 is 1.85 bits per heavy atom. The Bertz CT molecular complexity index is 2460. The van der Waals surface area contributed by atoms with Crippen LogP contribution in [0.25, 0.3) is 78.5 Å². The maximum absolute atomic E-state index is 4.91. The second-order valence-electron chi connectivity index (χ2n) is 11.1. The molecule has 7 heteroatoms. The number of fused-ring (bicyclic) bond motifs is 5. The summed E-state index contributed by atoms with van der Waals surface area (Å²) in [6.45, 7) is 0. The number of hydrogen-bond acceptors (Lipinski definition) is 5. The van der Waals surface area contributed by atoms with Gasteiger partial charge in [0.1, 0.15) is 11.4 Å². The lowest BCUT2D eigenvalue weighted by Gasteiger charge is -2.12. The molecule has 9 aromatic rings. The fourth-order valence-electron chi connectivity index (χ4n) is 6.27. The molecule has 0 saturated heterocycles. The molecule has 0 spiro atoms. The van der Waals surface area contributed by atoms with Crippen LogP contribution in [-0.2, 0) is 0 Å². The second-order valence-corrected chi connectivity index (χ2v) is 11.1. The summed E-state index contributed by atoms with van der Waals surface area (Å²) in [5, 5.41) is 3.58. The average Bonchev–Trinajstić information content (AvgIpc) is 3.72. The zero-order chi connectivity index (χ0) is 30.5. The van der Waals surface area contributed by atoms with Gasteiger partial charge in [-0.25, -0.2) is 15.0 Å². The van der Waals surface area contributed by atoms with E-state index in [4.69, 9.17) is 15.0 Å². The summed E-state index contributed by atoms with van der Waals surface area (Å²) in [6.07, 6.45) is 5.64. The van der Waals surface area contributed by atoms with E-state index in [2.05, 4.69) is 110 Å². The maximum atomic E-state index is 4.91. The van der Waals surface area contributed by atoms with E-state index in [0.29, 0.717) is 28.9 Å². The van der Waals surface area contributed by atoms with Crippen LogP contribution in [0.2, 0.25) is 0 Å². The van der Waals surface area contributed by atoms with Crippen LogP contribution in [-0.4, -0.2) is 34.1 Å². The number of rotatable bonds is 5. The average molecular weight is 592 g/mol. The molecule has 0 fully saturated rings. The van der Waals surface area contributed by atoms with Crippen molar-refractivity contribution in [2.24, 2.45) is 0 Å². The van der Waals surface area contributed by atoms with E-state index < -0.39 is 0 Å². The molecule has 0 N–H and O–H groups in total. The van der Waals surface area contributed by atoms with Crippen LogP contribution < -0.4 is 0 Å². The smallest absolute Gasteiger partial charge is 0.182 e. The third-order valence-electron chi connectivity index (χ3n) is 8.32. The highest BCUT2D eigenvalue weighted by Crippen LogP contribution is 2.38. The SMILES string of the molecule is c1ccc(-n2ccc3c2ccc2c4ccccc4n(-c4cccc(-c5nc(-c6ccccn6)nc(-c6ccccn6)n5)c4)c23)cc1. The third-order valence-corrected chi connectivity index (χ3v) is 8.32. The molecule has 5 aromatic heterocycles. The van der Waals surface area contributed by atoms with Gasteiger partial charge in [0.25, 0.3) is 0 Å². The first kappa shape index (κ1) is 26.0. The molecule has 0 aliphatic heterocycles. The van der Waals surface area contributed by atoms with E-state index in [9.17, 15) is 0 Å². The molecule has 5 heterocycles. The van der Waals surface area contributed by atoms with Gasteiger partial charge in [-0.15, -0.1) is 0 Å². The van der Waals surface area contributed by atoms with Crippen molar-refractivity contribution in [3.05, 3.63) is 152 Å². The molecule has 0 aliphatic rings. The molecule has 0 aliphatic carbocycles.